The summed E-state index contributed by atoms with van der Waals surface area (Å²) in [6.07, 6.45) is 2.02. The van der Waals surface area contributed by atoms with Gasteiger partial charge in [-0.15, -0.1) is 0 Å². The third-order valence-electron chi connectivity index (χ3n) is 4.08. The van der Waals surface area contributed by atoms with Crippen LogP contribution < -0.4 is 11.3 Å². The molecule has 0 radical (unpaired) electrons. The van der Waals surface area contributed by atoms with Crippen molar-refractivity contribution in [3.8, 4) is 0 Å². The first-order valence-corrected chi connectivity index (χ1v) is 7.40. The average Bonchev–Trinajstić information content (AvgIpc) is 2.89. The van der Waals surface area contributed by atoms with Crippen molar-refractivity contribution >= 4 is 5.82 Å². The molecular weight excluding hydrogens is 260 g/mol. The summed E-state index contributed by atoms with van der Waals surface area (Å²) >= 11 is 0. The number of rotatable bonds is 2. The van der Waals surface area contributed by atoms with Crippen LogP contribution in [0.15, 0.2) is 30.3 Å². The van der Waals surface area contributed by atoms with E-state index in [0.717, 1.165) is 24.4 Å². The maximum absolute atomic E-state index is 5.57. The van der Waals surface area contributed by atoms with Crippen LogP contribution in [-0.4, -0.2) is 9.97 Å². The summed E-state index contributed by atoms with van der Waals surface area (Å²) in [5, 5.41) is 0. The first kappa shape index (κ1) is 14.0. The van der Waals surface area contributed by atoms with Gasteiger partial charge in [-0.25, -0.2) is 15.8 Å². The van der Waals surface area contributed by atoms with E-state index in [1.165, 1.54) is 11.1 Å². The van der Waals surface area contributed by atoms with Crippen LogP contribution in [0.3, 0.4) is 0 Å². The molecule has 0 saturated heterocycles. The van der Waals surface area contributed by atoms with Gasteiger partial charge in [0, 0.05) is 17.4 Å². The van der Waals surface area contributed by atoms with E-state index in [-0.39, 0.29) is 5.41 Å². The molecule has 3 N–H and O–H groups in total. The third kappa shape index (κ3) is 2.76. The Kier molecular flexibility index (Phi) is 3.41. The Morgan fingerprint density at radius 1 is 1.10 bits per heavy atom. The minimum Gasteiger partial charge on any atom is -0.308 e. The Morgan fingerprint density at radius 2 is 1.71 bits per heavy atom. The fourth-order valence-electron chi connectivity index (χ4n) is 2.85. The SMILES string of the molecule is CC(C)(C)c1cc(NN)nc(C2Cc3ccccc3C2)n1. The Morgan fingerprint density at radius 3 is 2.24 bits per heavy atom. The Balaban J connectivity index is 1.97. The third-order valence-corrected chi connectivity index (χ3v) is 4.08. The van der Waals surface area contributed by atoms with Gasteiger partial charge in [0.25, 0.3) is 0 Å². The van der Waals surface area contributed by atoms with Crippen molar-refractivity contribution in [3.05, 3.63) is 53.0 Å². The number of anilines is 1. The molecule has 0 aliphatic heterocycles. The van der Waals surface area contributed by atoms with Crippen LogP contribution in [0.1, 0.15) is 49.3 Å². The maximum Gasteiger partial charge on any atom is 0.143 e. The van der Waals surface area contributed by atoms with Crippen LogP contribution in [0.5, 0.6) is 0 Å². The van der Waals surface area contributed by atoms with Crippen molar-refractivity contribution < 1.29 is 0 Å². The van der Waals surface area contributed by atoms with Gasteiger partial charge in [-0.3, -0.25) is 0 Å². The Bertz CT molecular complexity index is 633. The predicted octanol–water partition coefficient (Wildman–Crippen LogP) is 2.94. The van der Waals surface area contributed by atoms with Crippen molar-refractivity contribution in [2.24, 2.45) is 5.84 Å². The standard InChI is InChI=1S/C17H22N4/c1-17(2,3)14-10-15(21-18)20-16(19-14)13-8-11-6-4-5-7-12(11)9-13/h4-7,10,13H,8-9,18H2,1-3H3,(H,19,20,21). The number of hydrogen-bond acceptors (Lipinski definition) is 4. The molecule has 1 aromatic heterocycles. The van der Waals surface area contributed by atoms with Gasteiger partial charge >= 0.3 is 0 Å². The van der Waals surface area contributed by atoms with Crippen molar-refractivity contribution in [2.45, 2.75) is 44.9 Å². The summed E-state index contributed by atoms with van der Waals surface area (Å²) in [6, 6.07) is 10.5. The fourth-order valence-corrected chi connectivity index (χ4v) is 2.85. The summed E-state index contributed by atoms with van der Waals surface area (Å²) in [5.74, 6) is 7.51. The zero-order chi connectivity index (χ0) is 15.0. The molecule has 3 rings (SSSR count). The van der Waals surface area contributed by atoms with Crippen LogP contribution in [-0.2, 0) is 18.3 Å². The summed E-state index contributed by atoms with van der Waals surface area (Å²) in [4.78, 5) is 9.39. The normalized spacial score (nSPS) is 15.0. The zero-order valence-electron chi connectivity index (χ0n) is 12.9. The highest BCUT2D eigenvalue weighted by Gasteiger charge is 2.27. The molecule has 1 aromatic carbocycles. The maximum atomic E-state index is 5.57. The number of nitrogens with two attached hydrogens (primary N) is 1. The number of nitrogen functional groups attached to an aromatic ring is 1. The van der Waals surface area contributed by atoms with Gasteiger partial charge in [-0.2, -0.15) is 0 Å². The number of fused-ring (bicyclic) bond motifs is 1. The average molecular weight is 282 g/mol. The summed E-state index contributed by atoms with van der Waals surface area (Å²) in [6.45, 7) is 6.47. The summed E-state index contributed by atoms with van der Waals surface area (Å²) in [7, 11) is 0. The molecule has 2 aromatic rings. The van der Waals surface area contributed by atoms with Crippen LogP contribution in [0, 0.1) is 0 Å². The number of benzene rings is 1. The van der Waals surface area contributed by atoms with Gasteiger partial charge in [-0.05, 0) is 24.0 Å². The lowest BCUT2D eigenvalue weighted by molar-refractivity contribution is 0.554. The van der Waals surface area contributed by atoms with Crippen molar-refractivity contribution in [1.82, 2.24) is 9.97 Å². The highest BCUT2D eigenvalue weighted by molar-refractivity contribution is 5.40. The monoisotopic (exact) mass is 282 g/mol. The highest BCUT2D eigenvalue weighted by Crippen LogP contribution is 2.33. The topological polar surface area (TPSA) is 63.8 Å². The number of hydrazine groups is 1. The van der Waals surface area contributed by atoms with Crippen LogP contribution in [0.25, 0.3) is 0 Å². The van der Waals surface area contributed by atoms with E-state index >= 15 is 0 Å². The second kappa shape index (κ2) is 5.11. The van der Waals surface area contributed by atoms with Gasteiger partial charge in [-0.1, -0.05) is 45.0 Å². The molecule has 0 spiro atoms. The summed E-state index contributed by atoms with van der Waals surface area (Å²) < 4.78 is 0. The van der Waals surface area contributed by atoms with E-state index in [0.29, 0.717) is 11.7 Å². The zero-order valence-corrected chi connectivity index (χ0v) is 12.9. The fraction of sp³-hybridized carbons (Fsp3) is 0.412. The summed E-state index contributed by atoms with van der Waals surface area (Å²) in [5.41, 5.74) is 6.50. The smallest absolute Gasteiger partial charge is 0.143 e. The molecule has 1 aliphatic carbocycles. The molecule has 0 amide bonds. The molecule has 21 heavy (non-hydrogen) atoms. The second-order valence-electron chi connectivity index (χ2n) is 6.76. The number of nitrogens with zero attached hydrogens (tertiary/aromatic N) is 2. The molecule has 1 heterocycles. The lowest BCUT2D eigenvalue weighted by Gasteiger charge is -2.20. The van der Waals surface area contributed by atoms with Gasteiger partial charge in [0.05, 0.1) is 5.69 Å². The number of nitrogens with one attached hydrogen (secondary N) is 1. The lowest BCUT2D eigenvalue weighted by atomic mass is 9.91. The Labute approximate surface area is 125 Å². The molecule has 0 atom stereocenters. The van der Waals surface area contributed by atoms with Gasteiger partial charge in [0.2, 0.25) is 0 Å². The van der Waals surface area contributed by atoms with Gasteiger partial charge < -0.3 is 5.43 Å². The van der Waals surface area contributed by atoms with Crippen LogP contribution >= 0.6 is 0 Å². The van der Waals surface area contributed by atoms with Gasteiger partial charge in [0.15, 0.2) is 0 Å². The van der Waals surface area contributed by atoms with Crippen LogP contribution in [0.2, 0.25) is 0 Å². The van der Waals surface area contributed by atoms with E-state index in [1.54, 1.807) is 0 Å². The molecule has 4 heteroatoms. The number of aromatic nitrogens is 2. The molecule has 4 nitrogen and oxygen atoms in total. The molecule has 0 bridgehead atoms. The quantitative estimate of drug-likeness (QED) is 0.656. The van der Waals surface area contributed by atoms with Crippen molar-refractivity contribution in [1.29, 1.82) is 0 Å². The Hall–Kier alpha value is -1.94. The van der Waals surface area contributed by atoms with Crippen molar-refractivity contribution in [3.63, 3.8) is 0 Å². The minimum atomic E-state index is -0.0191. The molecule has 0 unspecified atom stereocenters. The van der Waals surface area contributed by atoms with E-state index < -0.39 is 0 Å². The predicted molar refractivity (Wildman–Crippen MR) is 85.1 cm³/mol. The molecular formula is C17H22N4. The highest BCUT2D eigenvalue weighted by atomic mass is 15.3. The second-order valence-corrected chi connectivity index (χ2v) is 6.76. The lowest BCUT2D eigenvalue weighted by Crippen LogP contribution is -2.19. The number of hydrogen-bond donors (Lipinski definition) is 2. The molecule has 0 fully saturated rings. The first-order valence-electron chi connectivity index (χ1n) is 7.40. The van der Waals surface area contributed by atoms with E-state index in [1.807, 2.05) is 6.07 Å². The van der Waals surface area contributed by atoms with E-state index in [9.17, 15) is 0 Å². The van der Waals surface area contributed by atoms with Crippen LogP contribution in [0.4, 0.5) is 5.82 Å². The largest absolute Gasteiger partial charge is 0.308 e. The molecule has 0 saturated carbocycles. The van der Waals surface area contributed by atoms with E-state index in [2.05, 4.69) is 55.4 Å². The minimum absolute atomic E-state index is 0.0191. The molecule has 1 aliphatic rings. The first-order chi connectivity index (χ1) is 9.97. The van der Waals surface area contributed by atoms with Gasteiger partial charge in [0.1, 0.15) is 11.6 Å². The molecule has 110 valence electrons. The van der Waals surface area contributed by atoms with Crippen molar-refractivity contribution in [2.75, 3.05) is 5.43 Å². The van der Waals surface area contributed by atoms with E-state index in [4.69, 9.17) is 10.8 Å².